The fourth-order valence-corrected chi connectivity index (χ4v) is 3.19. The second kappa shape index (κ2) is 6.78. The molecule has 0 bridgehead atoms. The van der Waals surface area contributed by atoms with Crippen molar-refractivity contribution in [1.82, 2.24) is 0 Å². The lowest BCUT2D eigenvalue weighted by atomic mass is 10.4. The van der Waals surface area contributed by atoms with Crippen molar-refractivity contribution >= 4 is 23.1 Å². The summed E-state index contributed by atoms with van der Waals surface area (Å²) in [6.45, 7) is 2.10. The highest BCUT2D eigenvalue weighted by Crippen LogP contribution is 2.16. The van der Waals surface area contributed by atoms with Crippen molar-refractivity contribution in [3.63, 3.8) is 0 Å². The highest BCUT2D eigenvalue weighted by molar-refractivity contribution is 7.98. The molecule has 0 unspecified atom stereocenters. The average molecular weight is 254 g/mol. The van der Waals surface area contributed by atoms with Crippen LogP contribution in [0.1, 0.15) is 10.6 Å². The van der Waals surface area contributed by atoms with Gasteiger partial charge < -0.3 is 9.73 Å². The van der Waals surface area contributed by atoms with Crippen LogP contribution in [0.15, 0.2) is 40.3 Å². The van der Waals surface area contributed by atoms with Crippen LogP contribution in [-0.4, -0.2) is 12.3 Å². The lowest BCUT2D eigenvalue weighted by Gasteiger charge is -1.99. The van der Waals surface area contributed by atoms with E-state index in [9.17, 15) is 0 Å². The molecule has 86 valence electrons. The average Bonchev–Trinajstić information content (AvgIpc) is 2.96. The number of nitrogens with two attached hydrogens (primary N) is 1. The van der Waals surface area contributed by atoms with Gasteiger partial charge in [-0.1, -0.05) is 6.07 Å². The van der Waals surface area contributed by atoms with Crippen molar-refractivity contribution in [3.8, 4) is 0 Å². The maximum Gasteiger partial charge on any atom is 0.157 e. The summed E-state index contributed by atoms with van der Waals surface area (Å²) in [7, 11) is 0. The minimum absolute atomic E-state index is 0.951. The molecule has 2 nitrogen and oxygen atoms in total. The Labute approximate surface area is 104 Å². The molecular weight excluding hydrogens is 238 g/mol. The van der Waals surface area contributed by atoms with E-state index in [0.717, 1.165) is 24.6 Å². The van der Waals surface area contributed by atoms with E-state index >= 15 is 0 Å². The molecule has 0 saturated heterocycles. The van der Waals surface area contributed by atoms with Gasteiger partial charge in [-0.15, -0.1) is 11.3 Å². The summed E-state index contributed by atoms with van der Waals surface area (Å²) in [5, 5.41) is 4.43. The minimum Gasteiger partial charge on any atom is -0.463 e. The molecule has 0 atom stereocenters. The first-order valence-corrected chi connectivity index (χ1v) is 7.43. The van der Waals surface area contributed by atoms with Crippen LogP contribution in [0.4, 0.5) is 0 Å². The molecule has 0 aliphatic rings. The molecule has 2 rings (SSSR count). The molecule has 0 amide bonds. The number of rotatable bonds is 7. The van der Waals surface area contributed by atoms with Crippen molar-refractivity contribution in [2.24, 2.45) is 0 Å². The smallest absolute Gasteiger partial charge is 0.157 e. The van der Waals surface area contributed by atoms with Gasteiger partial charge in [-0.25, -0.2) is 0 Å². The lowest BCUT2D eigenvalue weighted by Crippen LogP contribution is -2.83. The van der Waals surface area contributed by atoms with Crippen molar-refractivity contribution in [1.29, 1.82) is 0 Å². The van der Waals surface area contributed by atoms with Gasteiger partial charge in [-0.3, -0.25) is 0 Å². The van der Waals surface area contributed by atoms with E-state index in [4.69, 9.17) is 4.42 Å². The second-order valence-electron chi connectivity index (χ2n) is 3.49. The van der Waals surface area contributed by atoms with Crippen LogP contribution >= 0.6 is 23.1 Å². The molecule has 0 spiro atoms. The number of hydrogen-bond acceptors (Lipinski definition) is 3. The number of thioether (sulfide) groups is 1. The van der Waals surface area contributed by atoms with Gasteiger partial charge in [-0.05, 0) is 23.6 Å². The van der Waals surface area contributed by atoms with Gasteiger partial charge in [0.15, 0.2) is 5.76 Å². The topological polar surface area (TPSA) is 29.8 Å². The Morgan fingerprint density at radius 1 is 1.31 bits per heavy atom. The fraction of sp³-hybridized carbons (Fsp3) is 0.333. The van der Waals surface area contributed by atoms with Gasteiger partial charge in [0.1, 0.15) is 6.54 Å². The molecule has 0 radical (unpaired) electrons. The summed E-state index contributed by atoms with van der Waals surface area (Å²) in [5.74, 6) is 3.40. The fourth-order valence-electron chi connectivity index (χ4n) is 1.41. The van der Waals surface area contributed by atoms with Crippen LogP contribution in [0.3, 0.4) is 0 Å². The van der Waals surface area contributed by atoms with Crippen LogP contribution < -0.4 is 5.32 Å². The molecular formula is C12H16NOS2+. The number of furan rings is 1. The third-order valence-corrected chi connectivity index (χ3v) is 4.31. The minimum atomic E-state index is 0.951. The second-order valence-corrected chi connectivity index (χ2v) is 5.63. The van der Waals surface area contributed by atoms with E-state index in [1.165, 1.54) is 10.6 Å². The molecule has 0 aliphatic heterocycles. The first kappa shape index (κ1) is 11.8. The predicted molar refractivity (Wildman–Crippen MR) is 69.7 cm³/mol. The standard InChI is InChI=1S/C12H15NOS2/c1-3-11(14-6-1)9-13-5-8-15-10-12-4-2-7-16-12/h1-4,6-7,13H,5,8-10H2/p+1. The zero-order chi connectivity index (χ0) is 11.1. The zero-order valence-electron chi connectivity index (χ0n) is 9.09. The maximum atomic E-state index is 5.26. The Bertz CT molecular complexity index is 331. The Balaban J connectivity index is 1.49. The quantitative estimate of drug-likeness (QED) is 0.769. The SMILES string of the molecule is c1coc(C[NH2+]CCSCc2cccs2)c1. The third-order valence-electron chi connectivity index (χ3n) is 2.22. The summed E-state index contributed by atoms with van der Waals surface area (Å²) in [6.07, 6.45) is 1.73. The van der Waals surface area contributed by atoms with Crippen LogP contribution in [0.5, 0.6) is 0 Å². The normalized spacial score (nSPS) is 10.8. The third kappa shape index (κ3) is 4.04. The summed E-state index contributed by atoms with van der Waals surface area (Å²) >= 11 is 3.84. The first-order chi connectivity index (χ1) is 7.95. The first-order valence-electron chi connectivity index (χ1n) is 5.39. The molecule has 0 saturated carbocycles. The summed E-state index contributed by atoms with van der Waals surface area (Å²) in [4.78, 5) is 1.47. The van der Waals surface area contributed by atoms with Gasteiger partial charge in [-0.2, -0.15) is 11.8 Å². The Hall–Kier alpha value is -0.710. The van der Waals surface area contributed by atoms with E-state index in [0.29, 0.717) is 0 Å². The molecule has 2 N–H and O–H groups in total. The highest BCUT2D eigenvalue weighted by Gasteiger charge is 1.98. The predicted octanol–water partition coefficient (Wildman–Crippen LogP) is 2.34. The van der Waals surface area contributed by atoms with E-state index in [-0.39, 0.29) is 0 Å². The van der Waals surface area contributed by atoms with Gasteiger partial charge >= 0.3 is 0 Å². The molecule has 2 heterocycles. The molecule has 0 fully saturated rings. The van der Waals surface area contributed by atoms with Crippen LogP contribution in [-0.2, 0) is 12.3 Å². The number of hydrogen-bond donors (Lipinski definition) is 1. The molecule has 2 aromatic heterocycles. The Kier molecular flexibility index (Phi) is 4.99. The molecule has 4 heteroatoms. The zero-order valence-corrected chi connectivity index (χ0v) is 10.7. The van der Waals surface area contributed by atoms with Crippen molar-refractivity contribution in [3.05, 3.63) is 46.5 Å². The van der Waals surface area contributed by atoms with Gasteiger partial charge in [0, 0.05) is 16.4 Å². The van der Waals surface area contributed by atoms with Gasteiger partial charge in [0.2, 0.25) is 0 Å². The summed E-state index contributed by atoms with van der Waals surface area (Å²) < 4.78 is 5.26. The number of quaternary nitrogens is 1. The molecule has 0 aromatic carbocycles. The van der Waals surface area contributed by atoms with Crippen LogP contribution in [0.2, 0.25) is 0 Å². The Morgan fingerprint density at radius 2 is 2.31 bits per heavy atom. The van der Waals surface area contributed by atoms with E-state index in [2.05, 4.69) is 22.8 Å². The molecule has 0 aliphatic carbocycles. The highest BCUT2D eigenvalue weighted by atomic mass is 32.2. The largest absolute Gasteiger partial charge is 0.463 e. The van der Waals surface area contributed by atoms with Crippen molar-refractivity contribution < 1.29 is 9.73 Å². The Morgan fingerprint density at radius 3 is 3.06 bits per heavy atom. The van der Waals surface area contributed by atoms with Crippen LogP contribution in [0, 0.1) is 0 Å². The monoisotopic (exact) mass is 254 g/mol. The summed E-state index contributed by atoms with van der Waals surface area (Å²) in [5.41, 5.74) is 0. The van der Waals surface area contributed by atoms with Crippen molar-refractivity contribution in [2.75, 3.05) is 12.3 Å². The van der Waals surface area contributed by atoms with E-state index < -0.39 is 0 Å². The molecule has 16 heavy (non-hydrogen) atoms. The van der Waals surface area contributed by atoms with E-state index in [1.807, 2.05) is 35.2 Å². The summed E-state index contributed by atoms with van der Waals surface area (Å²) in [6, 6.07) is 8.28. The molecule has 2 aromatic rings. The lowest BCUT2D eigenvalue weighted by molar-refractivity contribution is -0.668. The van der Waals surface area contributed by atoms with Gasteiger partial charge in [0.25, 0.3) is 0 Å². The van der Waals surface area contributed by atoms with Gasteiger partial charge in [0.05, 0.1) is 12.8 Å². The van der Waals surface area contributed by atoms with Crippen LogP contribution in [0.25, 0.3) is 0 Å². The van der Waals surface area contributed by atoms with Crippen molar-refractivity contribution in [2.45, 2.75) is 12.3 Å². The number of thiophene rings is 1. The maximum absolute atomic E-state index is 5.26. The van der Waals surface area contributed by atoms with E-state index in [1.54, 1.807) is 6.26 Å².